The van der Waals surface area contributed by atoms with E-state index in [0.717, 1.165) is 30.8 Å². The van der Waals surface area contributed by atoms with Crippen LogP contribution in [0.15, 0.2) is 60.9 Å². The van der Waals surface area contributed by atoms with Crippen LogP contribution in [0.4, 0.5) is 4.39 Å². The number of benzene rings is 2. The zero-order chi connectivity index (χ0) is 20.2. The summed E-state index contributed by atoms with van der Waals surface area (Å²) in [7, 11) is 0. The van der Waals surface area contributed by atoms with Gasteiger partial charge in [-0.15, -0.1) is 0 Å². The molecule has 0 spiro atoms. The summed E-state index contributed by atoms with van der Waals surface area (Å²) in [6, 6.07) is 14.7. The van der Waals surface area contributed by atoms with Gasteiger partial charge in [-0.1, -0.05) is 48.0 Å². The number of likely N-dealkylation sites (tertiary alicyclic amines) is 1. The fraction of sp³-hybridized carbons (Fsp3) is 0.304. The summed E-state index contributed by atoms with van der Waals surface area (Å²) in [4.78, 5) is 19.0. The van der Waals surface area contributed by atoms with Crippen molar-refractivity contribution in [3.63, 3.8) is 0 Å². The first-order valence-corrected chi connectivity index (χ1v) is 10.3. The van der Waals surface area contributed by atoms with E-state index < -0.39 is 5.82 Å². The molecule has 0 N–H and O–H groups in total. The molecule has 2 aromatic carbocycles. The number of aromatic nitrogens is 2. The Labute approximate surface area is 174 Å². The molecule has 4 rings (SSSR count). The van der Waals surface area contributed by atoms with Gasteiger partial charge in [0.25, 0.3) is 0 Å². The van der Waals surface area contributed by atoms with Crippen LogP contribution < -0.4 is 0 Å². The molecule has 1 aliphatic rings. The van der Waals surface area contributed by atoms with Gasteiger partial charge in [0.1, 0.15) is 11.6 Å². The monoisotopic (exact) mass is 411 g/mol. The Morgan fingerprint density at radius 1 is 1.10 bits per heavy atom. The highest BCUT2D eigenvalue weighted by molar-refractivity contribution is 6.31. The van der Waals surface area contributed by atoms with E-state index in [9.17, 15) is 9.18 Å². The Balaban J connectivity index is 1.35. The molecule has 29 heavy (non-hydrogen) atoms. The Morgan fingerprint density at radius 3 is 2.59 bits per heavy atom. The average Bonchev–Trinajstić information content (AvgIpc) is 3.20. The van der Waals surface area contributed by atoms with E-state index in [2.05, 4.69) is 21.7 Å². The molecule has 1 aliphatic heterocycles. The van der Waals surface area contributed by atoms with Gasteiger partial charge in [0.15, 0.2) is 0 Å². The first kappa shape index (κ1) is 19.6. The predicted molar refractivity (Wildman–Crippen MR) is 112 cm³/mol. The number of hydrogen-bond donors (Lipinski definition) is 0. The van der Waals surface area contributed by atoms with Crippen molar-refractivity contribution < 1.29 is 9.18 Å². The summed E-state index contributed by atoms with van der Waals surface area (Å²) in [6.45, 7) is 2.25. The van der Waals surface area contributed by atoms with Gasteiger partial charge in [-0.25, -0.2) is 9.37 Å². The average molecular weight is 412 g/mol. The molecule has 0 radical (unpaired) electrons. The van der Waals surface area contributed by atoms with Crippen molar-refractivity contribution >= 4 is 17.5 Å². The first-order chi connectivity index (χ1) is 14.1. The molecule has 150 valence electrons. The maximum atomic E-state index is 14.0. The molecular weight excluding hydrogens is 389 g/mol. The highest BCUT2D eigenvalue weighted by Crippen LogP contribution is 2.25. The molecule has 0 saturated carbocycles. The Morgan fingerprint density at radius 2 is 1.86 bits per heavy atom. The summed E-state index contributed by atoms with van der Waals surface area (Å²) in [5.74, 6) is 0.961. The third-order valence-electron chi connectivity index (χ3n) is 5.56. The van der Waals surface area contributed by atoms with Crippen LogP contribution in [0.1, 0.15) is 18.4 Å². The van der Waals surface area contributed by atoms with E-state index in [-0.39, 0.29) is 17.9 Å². The second-order valence-electron chi connectivity index (χ2n) is 7.47. The molecule has 6 heteroatoms. The Hall–Kier alpha value is -2.66. The standard InChI is InChI=1S/C23H23ClFN3O/c24-20-7-4-8-21(25)19(20)15-22(29)27-12-9-17(10-13-27)16-28-14-11-26-23(28)18-5-2-1-3-6-18/h1-8,11,14,17H,9-10,12-13,15-16H2. The number of nitrogens with zero attached hydrogens (tertiary/aromatic N) is 3. The molecule has 0 bridgehead atoms. The van der Waals surface area contributed by atoms with Crippen molar-refractivity contribution in [3.8, 4) is 11.4 Å². The SMILES string of the molecule is O=C(Cc1c(F)cccc1Cl)N1CCC(Cn2ccnc2-c2ccccc2)CC1. The summed E-state index contributed by atoms with van der Waals surface area (Å²) < 4.78 is 16.2. The fourth-order valence-electron chi connectivity index (χ4n) is 3.91. The normalized spacial score (nSPS) is 14.9. The first-order valence-electron chi connectivity index (χ1n) is 9.89. The van der Waals surface area contributed by atoms with E-state index in [1.165, 1.54) is 6.07 Å². The van der Waals surface area contributed by atoms with Gasteiger partial charge in [0, 0.05) is 48.2 Å². The minimum atomic E-state index is -0.422. The van der Waals surface area contributed by atoms with Crippen molar-refractivity contribution in [2.24, 2.45) is 5.92 Å². The molecule has 0 aliphatic carbocycles. The van der Waals surface area contributed by atoms with Crippen LogP contribution in [0.3, 0.4) is 0 Å². The van der Waals surface area contributed by atoms with E-state index >= 15 is 0 Å². The van der Waals surface area contributed by atoms with Crippen molar-refractivity contribution in [1.29, 1.82) is 0 Å². The second-order valence-corrected chi connectivity index (χ2v) is 7.88. The van der Waals surface area contributed by atoms with Crippen LogP contribution in [0.25, 0.3) is 11.4 Å². The lowest BCUT2D eigenvalue weighted by Crippen LogP contribution is -2.40. The van der Waals surface area contributed by atoms with Gasteiger partial charge in [-0.05, 0) is 30.9 Å². The van der Waals surface area contributed by atoms with Crippen molar-refractivity contribution in [2.75, 3.05) is 13.1 Å². The molecule has 0 atom stereocenters. The molecule has 1 aromatic heterocycles. The number of imidazole rings is 1. The van der Waals surface area contributed by atoms with E-state index in [1.807, 2.05) is 35.5 Å². The van der Waals surface area contributed by atoms with Crippen molar-refractivity contribution in [1.82, 2.24) is 14.5 Å². The predicted octanol–water partition coefficient (Wildman–Crippen LogP) is 4.82. The summed E-state index contributed by atoms with van der Waals surface area (Å²) in [5, 5.41) is 0.307. The zero-order valence-corrected chi connectivity index (χ0v) is 16.9. The number of hydrogen-bond acceptors (Lipinski definition) is 2. The van der Waals surface area contributed by atoms with Gasteiger partial charge in [-0.2, -0.15) is 0 Å². The second kappa shape index (κ2) is 8.78. The van der Waals surface area contributed by atoms with E-state index in [1.54, 1.807) is 12.1 Å². The lowest BCUT2D eigenvalue weighted by atomic mass is 9.96. The van der Waals surface area contributed by atoms with Crippen LogP contribution in [0, 0.1) is 11.7 Å². The smallest absolute Gasteiger partial charge is 0.227 e. The lowest BCUT2D eigenvalue weighted by Gasteiger charge is -2.32. The largest absolute Gasteiger partial charge is 0.342 e. The van der Waals surface area contributed by atoms with Crippen molar-refractivity contribution in [3.05, 3.63) is 77.3 Å². The van der Waals surface area contributed by atoms with Gasteiger partial charge in [-0.3, -0.25) is 4.79 Å². The van der Waals surface area contributed by atoms with Gasteiger partial charge in [0.2, 0.25) is 5.91 Å². The number of piperidine rings is 1. The van der Waals surface area contributed by atoms with Crippen LogP contribution in [0.2, 0.25) is 5.02 Å². The molecule has 2 heterocycles. The lowest BCUT2D eigenvalue weighted by molar-refractivity contribution is -0.131. The van der Waals surface area contributed by atoms with Gasteiger partial charge in [0.05, 0.1) is 6.42 Å². The zero-order valence-electron chi connectivity index (χ0n) is 16.1. The minimum absolute atomic E-state index is 0.00977. The fourth-order valence-corrected chi connectivity index (χ4v) is 4.14. The summed E-state index contributed by atoms with van der Waals surface area (Å²) >= 11 is 6.06. The van der Waals surface area contributed by atoms with Crippen LogP contribution in [-0.4, -0.2) is 33.4 Å². The molecule has 4 nitrogen and oxygen atoms in total. The van der Waals surface area contributed by atoms with Crippen LogP contribution in [0.5, 0.6) is 0 Å². The number of carbonyl (C=O) groups excluding carboxylic acids is 1. The van der Waals surface area contributed by atoms with Crippen molar-refractivity contribution in [2.45, 2.75) is 25.8 Å². The molecule has 1 fully saturated rings. The highest BCUT2D eigenvalue weighted by Gasteiger charge is 2.25. The number of amides is 1. The summed E-state index contributed by atoms with van der Waals surface area (Å²) in [6.07, 6.45) is 5.70. The maximum Gasteiger partial charge on any atom is 0.227 e. The Bertz CT molecular complexity index is 961. The molecule has 0 unspecified atom stereocenters. The Kier molecular flexibility index (Phi) is 5.95. The molecule has 3 aromatic rings. The topological polar surface area (TPSA) is 38.1 Å². The van der Waals surface area contributed by atoms with Gasteiger partial charge >= 0.3 is 0 Å². The third-order valence-corrected chi connectivity index (χ3v) is 5.91. The molecule has 1 amide bonds. The van der Waals surface area contributed by atoms with Crippen LogP contribution >= 0.6 is 11.6 Å². The number of carbonyl (C=O) groups is 1. The summed E-state index contributed by atoms with van der Waals surface area (Å²) in [5.41, 5.74) is 1.39. The molecular formula is C23H23ClFN3O. The van der Waals surface area contributed by atoms with Gasteiger partial charge < -0.3 is 9.47 Å². The van der Waals surface area contributed by atoms with E-state index in [4.69, 9.17) is 11.6 Å². The maximum absolute atomic E-state index is 14.0. The minimum Gasteiger partial charge on any atom is -0.342 e. The van der Waals surface area contributed by atoms with E-state index in [0.29, 0.717) is 24.0 Å². The number of rotatable bonds is 5. The third kappa shape index (κ3) is 4.51. The highest BCUT2D eigenvalue weighted by atomic mass is 35.5. The van der Waals surface area contributed by atoms with Crippen LogP contribution in [-0.2, 0) is 17.8 Å². The molecule has 1 saturated heterocycles. The number of halogens is 2. The quantitative estimate of drug-likeness (QED) is 0.603.